The number of amides is 2. The zero-order valence-electron chi connectivity index (χ0n) is 36.6. The summed E-state index contributed by atoms with van der Waals surface area (Å²) in [5.41, 5.74) is 3.64. The summed E-state index contributed by atoms with van der Waals surface area (Å²) in [5.74, 6) is 0.229. The quantitative estimate of drug-likeness (QED) is 0.0379. The first-order valence-corrected chi connectivity index (χ1v) is 21.6. The van der Waals surface area contributed by atoms with E-state index in [1.54, 1.807) is 6.20 Å². The van der Waals surface area contributed by atoms with Gasteiger partial charge in [-0.2, -0.15) is 0 Å². The van der Waals surface area contributed by atoms with Gasteiger partial charge in [0.1, 0.15) is 24.2 Å². The van der Waals surface area contributed by atoms with E-state index >= 15 is 0 Å². The van der Waals surface area contributed by atoms with Crippen molar-refractivity contribution in [3.05, 3.63) is 90.1 Å². The number of aromatic nitrogens is 1. The number of rotatable bonds is 30. The Balaban J connectivity index is 1.27. The van der Waals surface area contributed by atoms with Crippen molar-refractivity contribution in [2.75, 3.05) is 71.3 Å². The molecule has 0 radical (unpaired) electrons. The molecule has 0 saturated carbocycles. The van der Waals surface area contributed by atoms with E-state index in [1.807, 2.05) is 93.6 Å². The number of carboxylic acid groups (broad SMARTS) is 1. The molecule has 0 spiro atoms. The molecule has 3 atom stereocenters. The molecule has 0 aliphatic carbocycles. The lowest BCUT2D eigenvalue weighted by atomic mass is 9.94. The van der Waals surface area contributed by atoms with Crippen LogP contribution in [0.25, 0.3) is 21.9 Å². The van der Waals surface area contributed by atoms with Gasteiger partial charge in [-0.3, -0.25) is 14.4 Å². The van der Waals surface area contributed by atoms with Crippen LogP contribution in [-0.2, 0) is 33.3 Å². The van der Waals surface area contributed by atoms with Gasteiger partial charge in [-0.25, -0.2) is 4.98 Å². The molecule has 2 amide bonds. The Bertz CT molecular complexity index is 1920. The van der Waals surface area contributed by atoms with E-state index in [-0.39, 0.29) is 24.7 Å². The highest BCUT2D eigenvalue weighted by molar-refractivity contribution is 6.00. The normalized spacial score (nSPS) is 12.8. The summed E-state index contributed by atoms with van der Waals surface area (Å²) in [6.45, 7) is 15.4. The highest BCUT2D eigenvalue weighted by atomic mass is 16.6. The molecule has 13 nitrogen and oxygen atoms in total. The molecular weight excluding hydrogens is 777 g/mol. The minimum absolute atomic E-state index is 0.176. The number of anilines is 1. The van der Waals surface area contributed by atoms with Crippen molar-refractivity contribution in [1.29, 1.82) is 0 Å². The van der Waals surface area contributed by atoms with E-state index in [0.29, 0.717) is 83.7 Å². The van der Waals surface area contributed by atoms with Gasteiger partial charge in [-0.15, -0.1) is 0 Å². The van der Waals surface area contributed by atoms with Gasteiger partial charge in [0.25, 0.3) is 0 Å². The molecule has 1 heterocycles. The summed E-state index contributed by atoms with van der Waals surface area (Å²) in [7, 11) is 0. The molecule has 0 bridgehead atoms. The second-order valence-corrected chi connectivity index (χ2v) is 15.6. The largest absolute Gasteiger partial charge is 0.491 e. The molecule has 0 aliphatic rings. The van der Waals surface area contributed by atoms with E-state index in [4.69, 9.17) is 23.7 Å². The number of hydrogen-bond donors (Lipinski definition) is 4. The number of nitrogens with one attached hydrogen (secondary N) is 3. The second-order valence-electron chi connectivity index (χ2n) is 15.6. The topological polar surface area (TPSA) is 167 Å². The maximum absolute atomic E-state index is 13.7. The third-order valence-electron chi connectivity index (χ3n) is 10.3. The number of aliphatic carboxylic acids is 1. The zero-order chi connectivity index (χ0) is 43.8. The van der Waals surface area contributed by atoms with Gasteiger partial charge in [0.2, 0.25) is 11.8 Å². The maximum atomic E-state index is 13.7. The number of carboxylic acids is 1. The number of carbonyl (C=O) groups is 3. The molecule has 0 saturated heterocycles. The first-order valence-electron chi connectivity index (χ1n) is 21.6. The van der Waals surface area contributed by atoms with Crippen molar-refractivity contribution in [3.63, 3.8) is 0 Å². The van der Waals surface area contributed by atoms with Gasteiger partial charge >= 0.3 is 5.97 Å². The van der Waals surface area contributed by atoms with Crippen molar-refractivity contribution in [1.82, 2.24) is 15.6 Å². The van der Waals surface area contributed by atoms with Crippen molar-refractivity contribution in [3.8, 4) is 16.9 Å². The molecule has 332 valence electrons. The number of nitrogens with zero attached hydrogens (tertiary/aromatic N) is 1. The van der Waals surface area contributed by atoms with Crippen LogP contribution in [0.5, 0.6) is 5.75 Å². The highest BCUT2D eigenvalue weighted by Crippen LogP contribution is 2.35. The number of fused-ring (bicyclic) bond motifs is 1. The average Bonchev–Trinajstić information content (AvgIpc) is 3.25. The number of aryl methyl sites for hydroxylation is 1. The van der Waals surface area contributed by atoms with Crippen LogP contribution in [0.1, 0.15) is 77.0 Å². The number of hydrogen-bond acceptors (Lipinski definition) is 10. The van der Waals surface area contributed by atoms with E-state index in [0.717, 1.165) is 52.1 Å². The fraction of sp³-hybridized carbons (Fsp3) is 0.500. The van der Waals surface area contributed by atoms with Gasteiger partial charge in [-0.05, 0) is 77.4 Å². The molecule has 1 aromatic heterocycles. The van der Waals surface area contributed by atoms with Gasteiger partial charge in [0.15, 0.2) is 0 Å². The van der Waals surface area contributed by atoms with Crippen molar-refractivity contribution < 1.29 is 43.2 Å². The predicted molar refractivity (Wildman–Crippen MR) is 239 cm³/mol. The maximum Gasteiger partial charge on any atom is 0.305 e. The molecule has 0 fully saturated rings. The van der Waals surface area contributed by atoms with Crippen LogP contribution >= 0.6 is 0 Å². The van der Waals surface area contributed by atoms with Crippen LogP contribution < -0.4 is 20.7 Å². The lowest BCUT2D eigenvalue weighted by molar-refractivity contribution is -0.138. The minimum Gasteiger partial charge on any atom is -0.491 e. The monoisotopic (exact) mass is 842 g/mol. The van der Waals surface area contributed by atoms with Gasteiger partial charge < -0.3 is 44.7 Å². The molecule has 13 heteroatoms. The van der Waals surface area contributed by atoms with Crippen molar-refractivity contribution in [2.24, 2.45) is 11.8 Å². The summed E-state index contributed by atoms with van der Waals surface area (Å²) in [5, 5.41) is 20.8. The van der Waals surface area contributed by atoms with Crippen molar-refractivity contribution in [2.45, 2.75) is 78.8 Å². The Morgan fingerprint density at radius 1 is 0.754 bits per heavy atom. The van der Waals surface area contributed by atoms with E-state index < -0.39 is 24.0 Å². The standard InChI is InChI=1S/C48H66N4O9/c1-6-36(5)47(52-45(53)12-9-21-49-44-32-35(4)19-22-50-44)48(56)51-42(33-46(54)55)38-15-13-37(14-16-38)39-17-18-43(41-11-8-7-10-40(39)41)61-31-30-60-29-28-59-27-26-58-25-24-57-23-20-34(2)3/h7-8,10-11,13-19,22,32,34,36,42,47H,6,9,12,20-21,23-31,33H2,1-5H3,(H,49,50)(H,51,56)(H,52,53)(H,54,55)/t36-,42-,47-/m0/s1. The fourth-order valence-electron chi connectivity index (χ4n) is 6.57. The summed E-state index contributed by atoms with van der Waals surface area (Å²) in [4.78, 5) is 43.0. The molecular formula is C48H66N4O9. The smallest absolute Gasteiger partial charge is 0.305 e. The molecule has 0 unspecified atom stereocenters. The second kappa shape index (κ2) is 27.0. The van der Waals surface area contributed by atoms with Crippen LogP contribution in [0, 0.1) is 18.8 Å². The minimum atomic E-state index is -1.05. The fourth-order valence-corrected chi connectivity index (χ4v) is 6.57. The summed E-state index contributed by atoms with van der Waals surface area (Å²) in [6, 6.07) is 21.7. The number of pyridine rings is 1. The summed E-state index contributed by atoms with van der Waals surface area (Å²) < 4.78 is 28.5. The molecule has 0 aliphatic heterocycles. The van der Waals surface area contributed by atoms with Crippen molar-refractivity contribution >= 4 is 34.4 Å². The van der Waals surface area contributed by atoms with Crippen LogP contribution in [0.15, 0.2) is 79.0 Å². The Kier molecular flexibility index (Phi) is 21.5. The van der Waals surface area contributed by atoms with Crippen LogP contribution in [-0.4, -0.2) is 99.9 Å². The summed E-state index contributed by atoms with van der Waals surface area (Å²) >= 11 is 0. The predicted octanol–water partition coefficient (Wildman–Crippen LogP) is 7.76. The summed E-state index contributed by atoms with van der Waals surface area (Å²) in [6.07, 6.45) is 3.88. The van der Waals surface area contributed by atoms with Gasteiger partial charge in [0, 0.05) is 31.2 Å². The molecule has 4 aromatic rings. The number of ether oxygens (including phenoxy) is 5. The SMILES string of the molecule is CC[C@H](C)[C@H](NC(=O)CCCNc1cc(C)ccn1)C(=O)N[C@@H](CC(=O)O)c1ccc(-c2ccc(OCCOCCOCCOCCOCCC(C)C)c3ccccc23)cc1. The molecule has 4 N–H and O–H groups in total. The third-order valence-corrected chi connectivity index (χ3v) is 10.3. The highest BCUT2D eigenvalue weighted by Gasteiger charge is 2.29. The average molecular weight is 843 g/mol. The van der Waals surface area contributed by atoms with Crippen LogP contribution in [0.3, 0.4) is 0 Å². The number of benzene rings is 3. The van der Waals surface area contributed by atoms with E-state index in [9.17, 15) is 19.5 Å². The van der Waals surface area contributed by atoms with Gasteiger partial charge in [0.05, 0.1) is 58.7 Å². The zero-order valence-corrected chi connectivity index (χ0v) is 36.6. The van der Waals surface area contributed by atoms with Crippen LogP contribution in [0.2, 0.25) is 0 Å². The van der Waals surface area contributed by atoms with E-state index in [1.165, 1.54) is 0 Å². The lowest BCUT2D eigenvalue weighted by Crippen LogP contribution is -2.51. The lowest BCUT2D eigenvalue weighted by Gasteiger charge is -2.26. The Labute approximate surface area is 361 Å². The molecule has 61 heavy (non-hydrogen) atoms. The Morgan fingerprint density at radius 2 is 1.39 bits per heavy atom. The third kappa shape index (κ3) is 17.4. The Morgan fingerprint density at radius 3 is 2.02 bits per heavy atom. The first kappa shape index (κ1) is 48.6. The first-order chi connectivity index (χ1) is 29.5. The Hall–Kier alpha value is -5.08. The van der Waals surface area contributed by atoms with Gasteiger partial charge in [-0.1, -0.05) is 88.7 Å². The van der Waals surface area contributed by atoms with E-state index in [2.05, 4.69) is 34.8 Å². The number of carbonyl (C=O) groups excluding carboxylic acids is 2. The molecule has 3 aromatic carbocycles. The molecule has 4 rings (SSSR count). The van der Waals surface area contributed by atoms with Crippen LogP contribution in [0.4, 0.5) is 5.82 Å².